The van der Waals surface area contributed by atoms with E-state index in [9.17, 15) is 4.39 Å². The fraction of sp³-hybridized carbons (Fsp3) is 0.172. The Hall–Kier alpha value is -4.50. The number of hydrogen-bond acceptors (Lipinski definition) is 5. The number of fused-ring (bicyclic) bond motifs is 2. The lowest BCUT2D eigenvalue weighted by Crippen LogP contribution is -2.18. The van der Waals surface area contributed by atoms with Gasteiger partial charge in [-0.3, -0.25) is 15.0 Å². The van der Waals surface area contributed by atoms with E-state index < -0.39 is 5.82 Å². The van der Waals surface area contributed by atoms with Crippen molar-refractivity contribution >= 4 is 22.1 Å². The molecule has 188 valence electrons. The van der Waals surface area contributed by atoms with Gasteiger partial charge in [0.1, 0.15) is 17.0 Å². The minimum Gasteiger partial charge on any atom is -0.335 e. The fourth-order valence-electron chi connectivity index (χ4n) is 5.29. The third-order valence-corrected chi connectivity index (χ3v) is 7.14. The van der Waals surface area contributed by atoms with E-state index in [2.05, 4.69) is 41.1 Å². The number of halogens is 2. The lowest BCUT2D eigenvalue weighted by atomic mass is 10.0. The Bertz CT molecular complexity index is 1800. The maximum Gasteiger partial charge on any atom is 0.178 e. The normalized spacial score (nSPS) is 14.2. The predicted octanol–water partition coefficient (Wildman–Crippen LogP) is 6.10. The number of rotatable bonds is 5. The van der Waals surface area contributed by atoms with Gasteiger partial charge in [-0.25, -0.2) is 18.7 Å². The average molecular weight is 508 g/mol. The van der Waals surface area contributed by atoms with Gasteiger partial charge >= 0.3 is 0 Å². The molecule has 0 amide bonds. The molecule has 1 fully saturated rings. The minimum atomic E-state index is -0.439. The van der Waals surface area contributed by atoms with Crippen LogP contribution in [-0.4, -0.2) is 48.1 Å². The molecule has 5 heterocycles. The van der Waals surface area contributed by atoms with Crippen molar-refractivity contribution in [2.24, 2.45) is 0 Å². The van der Waals surface area contributed by atoms with Crippen LogP contribution < -0.4 is 0 Å². The summed E-state index contributed by atoms with van der Waals surface area (Å²) in [6.45, 7) is 3.02. The number of imidazole rings is 1. The van der Waals surface area contributed by atoms with Crippen molar-refractivity contribution in [2.75, 3.05) is 13.1 Å². The van der Waals surface area contributed by atoms with E-state index in [1.54, 1.807) is 36.7 Å². The summed E-state index contributed by atoms with van der Waals surface area (Å²) in [5.74, 6) is -0.335. The molecule has 0 bridgehead atoms. The molecule has 0 saturated carbocycles. The van der Waals surface area contributed by atoms with Crippen LogP contribution in [0.2, 0.25) is 0 Å². The Balaban J connectivity index is 1.31. The number of H-pyrrole nitrogens is 2. The van der Waals surface area contributed by atoms with Crippen molar-refractivity contribution in [3.05, 3.63) is 84.3 Å². The Morgan fingerprint density at radius 3 is 2.63 bits per heavy atom. The molecule has 1 saturated heterocycles. The molecule has 9 heteroatoms. The van der Waals surface area contributed by atoms with Crippen LogP contribution in [-0.2, 0) is 6.54 Å². The van der Waals surface area contributed by atoms with E-state index in [0.29, 0.717) is 44.8 Å². The van der Waals surface area contributed by atoms with E-state index in [0.717, 1.165) is 30.8 Å². The summed E-state index contributed by atoms with van der Waals surface area (Å²) in [7, 11) is 0. The second-order valence-corrected chi connectivity index (χ2v) is 9.64. The zero-order valence-corrected chi connectivity index (χ0v) is 20.4. The minimum absolute atomic E-state index is 0.215. The highest BCUT2D eigenvalue weighted by molar-refractivity contribution is 5.97. The van der Waals surface area contributed by atoms with Crippen LogP contribution in [0.1, 0.15) is 18.4 Å². The van der Waals surface area contributed by atoms with Crippen molar-refractivity contribution in [3.63, 3.8) is 0 Å². The van der Waals surface area contributed by atoms with Gasteiger partial charge < -0.3 is 4.98 Å². The van der Waals surface area contributed by atoms with Gasteiger partial charge in [0.2, 0.25) is 0 Å². The Labute approximate surface area is 216 Å². The third-order valence-electron chi connectivity index (χ3n) is 7.14. The van der Waals surface area contributed by atoms with E-state index in [1.807, 2.05) is 12.3 Å². The first-order valence-corrected chi connectivity index (χ1v) is 12.6. The molecule has 0 spiro atoms. The zero-order valence-electron chi connectivity index (χ0n) is 20.4. The summed E-state index contributed by atoms with van der Waals surface area (Å²) >= 11 is 0. The summed E-state index contributed by atoms with van der Waals surface area (Å²) in [5.41, 5.74) is 5.48. The maximum atomic E-state index is 15.2. The molecule has 1 aliphatic heterocycles. The second-order valence-electron chi connectivity index (χ2n) is 9.64. The molecule has 0 aliphatic carbocycles. The number of nitrogens with zero attached hydrogens (tertiary/aromatic N) is 5. The highest BCUT2D eigenvalue weighted by atomic mass is 19.1. The van der Waals surface area contributed by atoms with Crippen LogP contribution in [0.4, 0.5) is 8.78 Å². The molecule has 2 N–H and O–H groups in total. The molecule has 7 nitrogen and oxygen atoms in total. The number of likely N-dealkylation sites (tertiary alicyclic amines) is 1. The molecule has 4 aromatic heterocycles. The van der Waals surface area contributed by atoms with Crippen LogP contribution in [0.3, 0.4) is 0 Å². The molecule has 6 aromatic rings. The van der Waals surface area contributed by atoms with Gasteiger partial charge in [-0.15, -0.1) is 0 Å². The first-order chi connectivity index (χ1) is 18.6. The SMILES string of the molecule is Fc1ccccc1-c1ccnc2nc(-c3[nH]nc4c(F)cc(-c5cncc(CN6CCCC6)c5)cc34)[nH]c12. The van der Waals surface area contributed by atoms with E-state index in [-0.39, 0.29) is 11.3 Å². The molecule has 38 heavy (non-hydrogen) atoms. The predicted molar refractivity (Wildman–Crippen MR) is 142 cm³/mol. The smallest absolute Gasteiger partial charge is 0.178 e. The highest BCUT2D eigenvalue weighted by Crippen LogP contribution is 2.34. The Kier molecular flexibility index (Phi) is 5.44. The number of hydrogen-bond donors (Lipinski definition) is 2. The third kappa shape index (κ3) is 3.92. The van der Waals surface area contributed by atoms with Crippen molar-refractivity contribution in [1.29, 1.82) is 0 Å². The van der Waals surface area contributed by atoms with Gasteiger partial charge in [-0.2, -0.15) is 5.10 Å². The van der Waals surface area contributed by atoms with Gasteiger partial charge in [0, 0.05) is 47.2 Å². The molecule has 0 radical (unpaired) electrons. The van der Waals surface area contributed by atoms with Crippen LogP contribution in [0.15, 0.2) is 67.1 Å². The summed E-state index contributed by atoms with van der Waals surface area (Å²) in [6.07, 6.45) is 7.66. The van der Waals surface area contributed by atoms with Gasteiger partial charge in [-0.05, 0) is 67.4 Å². The first kappa shape index (κ1) is 22.7. The van der Waals surface area contributed by atoms with E-state index in [4.69, 9.17) is 0 Å². The number of nitrogens with one attached hydrogen (secondary N) is 2. The summed E-state index contributed by atoms with van der Waals surface area (Å²) < 4.78 is 29.8. The maximum absolute atomic E-state index is 15.2. The van der Waals surface area contributed by atoms with Crippen LogP contribution in [0.5, 0.6) is 0 Å². The van der Waals surface area contributed by atoms with E-state index in [1.165, 1.54) is 25.0 Å². The quantitative estimate of drug-likeness (QED) is 0.294. The second kappa shape index (κ2) is 9.11. The topological polar surface area (TPSA) is 86.4 Å². The molecule has 2 aromatic carbocycles. The van der Waals surface area contributed by atoms with Crippen molar-refractivity contribution < 1.29 is 8.78 Å². The molecule has 1 aliphatic rings. The van der Waals surface area contributed by atoms with Crippen LogP contribution in [0.25, 0.3) is 55.8 Å². The highest BCUT2D eigenvalue weighted by Gasteiger charge is 2.19. The van der Waals surface area contributed by atoms with E-state index >= 15 is 4.39 Å². The molecular weight excluding hydrogens is 484 g/mol. The Morgan fingerprint density at radius 2 is 1.76 bits per heavy atom. The number of pyridine rings is 2. The first-order valence-electron chi connectivity index (χ1n) is 12.6. The molecule has 0 atom stereocenters. The van der Waals surface area contributed by atoms with Gasteiger partial charge in [0.05, 0.1) is 5.52 Å². The molecule has 0 unspecified atom stereocenters. The average Bonchev–Trinajstić information content (AvgIpc) is 3.69. The van der Waals surface area contributed by atoms with Crippen LogP contribution >= 0.6 is 0 Å². The monoisotopic (exact) mass is 507 g/mol. The van der Waals surface area contributed by atoms with Crippen molar-refractivity contribution in [1.82, 2.24) is 35.0 Å². The van der Waals surface area contributed by atoms with Crippen molar-refractivity contribution in [3.8, 4) is 33.8 Å². The lowest BCUT2D eigenvalue weighted by Gasteiger charge is -2.14. The van der Waals surface area contributed by atoms with Gasteiger partial charge in [-0.1, -0.05) is 18.2 Å². The summed E-state index contributed by atoms with van der Waals surface area (Å²) in [4.78, 5) is 19.1. The van der Waals surface area contributed by atoms with Gasteiger partial charge in [0.15, 0.2) is 17.3 Å². The lowest BCUT2D eigenvalue weighted by molar-refractivity contribution is 0.331. The van der Waals surface area contributed by atoms with Gasteiger partial charge in [0.25, 0.3) is 0 Å². The molecule has 7 rings (SSSR count). The fourth-order valence-corrected chi connectivity index (χ4v) is 5.29. The standard InChI is InChI=1S/C29H23F2N7/c30-23-6-2-1-5-20(23)21-7-8-33-28-26(21)34-29(35-28)27-22-12-18(13-24(31)25(22)36-37-27)19-11-17(14-32-15-19)16-38-9-3-4-10-38/h1-2,5-8,11-15H,3-4,9-10,16H2,(H,36,37)(H,33,34,35). The number of aromatic nitrogens is 6. The summed E-state index contributed by atoms with van der Waals surface area (Å²) in [5, 5.41) is 7.73. The molecular formula is C29H23F2N7. The Morgan fingerprint density at radius 1 is 0.895 bits per heavy atom. The summed E-state index contributed by atoms with van der Waals surface area (Å²) in [6, 6.07) is 13.8. The zero-order chi connectivity index (χ0) is 25.6. The van der Waals surface area contributed by atoms with Crippen LogP contribution in [0, 0.1) is 11.6 Å². The number of aromatic amines is 2. The van der Waals surface area contributed by atoms with Crippen molar-refractivity contribution in [2.45, 2.75) is 19.4 Å². The largest absolute Gasteiger partial charge is 0.335 e. The number of benzene rings is 2.